The van der Waals surface area contributed by atoms with Gasteiger partial charge in [0.15, 0.2) is 0 Å². The highest BCUT2D eigenvalue weighted by atomic mass is 35.5. The molecule has 1 aliphatic rings. The number of ether oxygens (including phenoxy) is 2. The molecular formula is C27H24Cl2O3. The van der Waals surface area contributed by atoms with Crippen molar-refractivity contribution < 1.29 is 14.3 Å². The first kappa shape index (κ1) is 22.4. The third-order valence-electron chi connectivity index (χ3n) is 5.97. The lowest BCUT2D eigenvalue weighted by atomic mass is 9.94. The Kier molecular flexibility index (Phi) is 6.88. The van der Waals surface area contributed by atoms with Gasteiger partial charge in [-0.3, -0.25) is 4.79 Å². The minimum absolute atomic E-state index is 0.0621. The Balaban J connectivity index is 1.41. The first-order valence-corrected chi connectivity index (χ1v) is 11.3. The van der Waals surface area contributed by atoms with Gasteiger partial charge in [0.1, 0.15) is 22.6 Å². The number of benzene rings is 3. The van der Waals surface area contributed by atoms with Gasteiger partial charge in [0.25, 0.3) is 0 Å². The van der Waals surface area contributed by atoms with E-state index in [-0.39, 0.29) is 34.3 Å². The van der Waals surface area contributed by atoms with Gasteiger partial charge in [0.05, 0.1) is 5.92 Å². The van der Waals surface area contributed by atoms with Crippen LogP contribution in [0.25, 0.3) is 0 Å². The van der Waals surface area contributed by atoms with Gasteiger partial charge in [-0.15, -0.1) is 0 Å². The Bertz CT molecular complexity index is 1090. The van der Waals surface area contributed by atoms with Crippen molar-refractivity contribution in [3.63, 3.8) is 0 Å². The van der Waals surface area contributed by atoms with E-state index in [2.05, 4.69) is 19.1 Å². The average molecular weight is 467 g/mol. The number of para-hydroxylation sites is 1. The topological polar surface area (TPSA) is 35.5 Å². The monoisotopic (exact) mass is 466 g/mol. The molecule has 0 heterocycles. The lowest BCUT2D eigenvalue weighted by Crippen LogP contribution is -2.13. The van der Waals surface area contributed by atoms with Crippen LogP contribution in [0.3, 0.4) is 0 Å². The summed E-state index contributed by atoms with van der Waals surface area (Å²) in [6.45, 7) is 2.26. The zero-order chi connectivity index (χ0) is 22.6. The van der Waals surface area contributed by atoms with Crippen LogP contribution in [-0.2, 0) is 22.6 Å². The molecule has 3 aromatic rings. The number of hydrogen-bond acceptors (Lipinski definition) is 3. The van der Waals surface area contributed by atoms with Gasteiger partial charge in [-0.2, -0.15) is 0 Å². The summed E-state index contributed by atoms with van der Waals surface area (Å²) in [5.74, 6) is 0.851. The van der Waals surface area contributed by atoms with Gasteiger partial charge in [0, 0.05) is 0 Å². The molecule has 32 heavy (non-hydrogen) atoms. The molecule has 0 spiro atoms. The Morgan fingerprint density at radius 1 is 0.906 bits per heavy atom. The second-order valence-electron chi connectivity index (χ2n) is 8.30. The van der Waals surface area contributed by atoms with Crippen LogP contribution in [0.5, 0.6) is 11.5 Å². The van der Waals surface area contributed by atoms with Crippen molar-refractivity contribution in [1.82, 2.24) is 0 Å². The minimum atomic E-state index is -0.293. The minimum Gasteiger partial charge on any atom is -0.461 e. The molecule has 0 aromatic heterocycles. The molecule has 3 aromatic carbocycles. The van der Waals surface area contributed by atoms with Crippen molar-refractivity contribution in [2.24, 2.45) is 17.3 Å². The van der Waals surface area contributed by atoms with Crippen LogP contribution >= 0.6 is 23.2 Å². The van der Waals surface area contributed by atoms with Gasteiger partial charge >= 0.3 is 5.97 Å². The Morgan fingerprint density at radius 2 is 1.53 bits per heavy atom. The quantitative estimate of drug-likeness (QED) is 0.325. The molecule has 1 aliphatic carbocycles. The van der Waals surface area contributed by atoms with Crippen molar-refractivity contribution >= 4 is 29.2 Å². The van der Waals surface area contributed by atoms with Crippen molar-refractivity contribution in [2.45, 2.75) is 20.0 Å². The highest BCUT2D eigenvalue weighted by Crippen LogP contribution is 2.62. The summed E-state index contributed by atoms with van der Waals surface area (Å²) < 4.78 is 11.7. The lowest BCUT2D eigenvalue weighted by Gasteiger charge is -2.12. The van der Waals surface area contributed by atoms with E-state index in [1.807, 2.05) is 72.8 Å². The van der Waals surface area contributed by atoms with Crippen molar-refractivity contribution in [1.29, 1.82) is 0 Å². The number of carbonyl (C=O) groups excluding carboxylic acids is 1. The summed E-state index contributed by atoms with van der Waals surface area (Å²) in [6, 6.07) is 27.2. The predicted octanol–water partition coefficient (Wildman–Crippen LogP) is 7.34. The van der Waals surface area contributed by atoms with E-state index in [0.29, 0.717) is 5.75 Å². The molecule has 0 radical (unpaired) electrons. The summed E-state index contributed by atoms with van der Waals surface area (Å²) >= 11 is 11.9. The zero-order valence-corrected chi connectivity index (χ0v) is 19.2. The third-order valence-corrected chi connectivity index (χ3v) is 6.22. The number of rotatable bonds is 8. The molecule has 164 valence electrons. The molecule has 0 bridgehead atoms. The Morgan fingerprint density at radius 3 is 2.22 bits per heavy atom. The van der Waals surface area contributed by atoms with Crippen LogP contribution in [0.4, 0.5) is 0 Å². The van der Waals surface area contributed by atoms with E-state index in [0.717, 1.165) is 17.7 Å². The fourth-order valence-electron chi connectivity index (χ4n) is 4.27. The number of allylic oxidation sites excluding steroid dienone is 1. The number of carbonyl (C=O) groups is 1. The summed E-state index contributed by atoms with van der Waals surface area (Å²) in [7, 11) is 0. The van der Waals surface area contributed by atoms with E-state index in [9.17, 15) is 4.79 Å². The van der Waals surface area contributed by atoms with Gasteiger partial charge < -0.3 is 9.47 Å². The van der Waals surface area contributed by atoms with E-state index < -0.39 is 0 Å². The molecule has 0 N–H and O–H groups in total. The number of halogens is 2. The molecule has 3 nitrogen and oxygen atoms in total. The standard InChI is InChI=1S/C27H24Cl2O3/c1-27(17-19-9-4-2-5-10-19)23(16-24(28)29)25(27)26(30)31-18-20-11-8-14-22(15-20)32-21-12-6-3-7-13-21/h2-16,23,25H,17-18H2,1H3/t23-,25+,27+/m0/s1. The maximum absolute atomic E-state index is 13.0. The van der Waals surface area contributed by atoms with Crippen LogP contribution in [0.2, 0.25) is 0 Å². The highest BCUT2D eigenvalue weighted by Gasteiger charge is 2.64. The normalized spacial score (nSPS) is 21.5. The molecule has 5 heteroatoms. The summed E-state index contributed by atoms with van der Waals surface area (Å²) in [5, 5.41) is 0. The van der Waals surface area contributed by atoms with Gasteiger partial charge in [-0.05, 0) is 59.2 Å². The molecule has 1 saturated carbocycles. The molecule has 0 saturated heterocycles. The van der Waals surface area contributed by atoms with Gasteiger partial charge in [-0.1, -0.05) is 90.8 Å². The fourth-order valence-corrected chi connectivity index (χ4v) is 4.54. The summed E-state index contributed by atoms with van der Waals surface area (Å²) in [4.78, 5) is 13.0. The van der Waals surface area contributed by atoms with E-state index in [1.54, 1.807) is 6.08 Å². The lowest BCUT2D eigenvalue weighted by molar-refractivity contribution is -0.147. The van der Waals surface area contributed by atoms with Crippen LogP contribution in [-0.4, -0.2) is 5.97 Å². The van der Waals surface area contributed by atoms with Crippen LogP contribution < -0.4 is 4.74 Å². The maximum atomic E-state index is 13.0. The second kappa shape index (κ2) is 9.81. The largest absolute Gasteiger partial charge is 0.461 e. The average Bonchev–Trinajstić information content (AvgIpc) is 3.35. The molecule has 4 rings (SSSR count). The molecule has 0 amide bonds. The highest BCUT2D eigenvalue weighted by molar-refractivity contribution is 6.55. The van der Waals surface area contributed by atoms with E-state index in [4.69, 9.17) is 32.7 Å². The molecule has 0 unspecified atom stereocenters. The second-order valence-corrected chi connectivity index (χ2v) is 9.31. The van der Waals surface area contributed by atoms with Crippen molar-refractivity contribution in [3.05, 3.63) is 107 Å². The van der Waals surface area contributed by atoms with E-state index in [1.165, 1.54) is 5.56 Å². The fraction of sp³-hybridized carbons (Fsp3) is 0.222. The van der Waals surface area contributed by atoms with E-state index >= 15 is 0 Å². The smallest absolute Gasteiger partial charge is 0.310 e. The SMILES string of the molecule is C[C@@]1(Cc2ccccc2)[C@@H](C=C(Cl)Cl)[C@@H]1C(=O)OCc1cccc(Oc2ccccc2)c1. The third kappa shape index (κ3) is 5.35. The number of esters is 1. The Hall–Kier alpha value is -2.75. The van der Waals surface area contributed by atoms with Gasteiger partial charge in [-0.25, -0.2) is 0 Å². The molecule has 3 atom stereocenters. The first-order valence-electron chi connectivity index (χ1n) is 10.5. The summed E-state index contributed by atoms with van der Waals surface area (Å²) in [5.41, 5.74) is 1.74. The number of hydrogen-bond donors (Lipinski definition) is 0. The molecular weight excluding hydrogens is 443 g/mol. The first-order chi connectivity index (χ1) is 15.5. The van der Waals surface area contributed by atoms with Crippen LogP contribution in [0.1, 0.15) is 18.1 Å². The van der Waals surface area contributed by atoms with Crippen LogP contribution in [0.15, 0.2) is 95.5 Å². The molecule has 1 fully saturated rings. The molecule has 0 aliphatic heterocycles. The van der Waals surface area contributed by atoms with Crippen LogP contribution in [0, 0.1) is 17.3 Å². The van der Waals surface area contributed by atoms with Gasteiger partial charge in [0.2, 0.25) is 0 Å². The van der Waals surface area contributed by atoms with Crippen molar-refractivity contribution in [2.75, 3.05) is 0 Å². The predicted molar refractivity (Wildman–Crippen MR) is 128 cm³/mol. The maximum Gasteiger partial charge on any atom is 0.310 e. The van der Waals surface area contributed by atoms with Crippen molar-refractivity contribution in [3.8, 4) is 11.5 Å². The summed E-state index contributed by atoms with van der Waals surface area (Å²) in [6.07, 6.45) is 2.50. The Labute approximate surface area is 198 Å². The zero-order valence-electron chi connectivity index (χ0n) is 17.7.